The van der Waals surface area contributed by atoms with Gasteiger partial charge in [0.25, 0.3) is 0 Å². The Morgan fingerprint density at radius 2 is 2.00 bits per heavy atom. The molecule has 1 aliphatic rings. The Morgan fingerprint density at radius 1 is 1.28 bits per heavy atom. The molecule has 6 heteroatoms. The van der Waals surface area contributed by atoms with Crippen LogP contribution in [0.3, 0.4) is 0 Å². The molecule has 1 aliphatic carbocycles. The number of hydrogen-bond donors (Lipinski definition) is 1. The minimum Gasteiger partial charge on any atom is -0.382 e. The Kier molecular flexibility index (Phi) is 3.32. The van der Waals surface area contributed by atoms with Crippen LogP contribution in [0.1, 0.15) is 41.9 Å². The third-order valence-electron chi connectivity index (χ3n) is 5.07. The molecule has 0 unspecified atom stereocenters. The van der Waals surface area contributed by atoms with Gasteiger partial charge >= 0.3 is 0 Å². The molecule has 2 N–H and O–H groups in total. The molecule has 0 fully saturated rings. The van der Waals surface area contributed by atoms with E-state index in [2.05, 4.69) is 23.5 Å². The quantitative estimate of drug-likeness (QED) is 0.714. The largest absolute Gasteiger partial charge is 0.382 e. The van der Waals surface area contributed by atoms with E-state index < -0.39 is 0 Å². The summed E-state index contributed by atoms with van der Waals surface area (Å²) in [5.74, 6) is 0.678. The molecule has 0 bridgehead atoms. The number of nitrogen functional groups attached to an aromatic ring is 1. The van der Waals surface area contributed by atoms with Gasteiger partial charge in [0.1, 0.15) is 0 Å². The van der Waals surface area contributed by atoms with Crippen molar-refractivity contribution < 1.29 is 4.79 Å². The second-order valence-electron chi connectivity index (χ2n) is 7.77. The molecule has 4 rings (SSSR count). The molecule has 0 amide bonds. The Hall–Kier alpha value is -2.27. The normalized spacial score (nSPS) is 16.4. The summed E-state index contributed by atoms with van der Waals surface area (Å²) in [4.78, 5) is 12.6. The SMILES string of the molecule is Cc1cn(-c2cc3c(cc2Cl)c(N)nn3C)c2c1C(=O)CC(C)(C)C2. The van der Waals surface area contributed by atoms with E-state index in [1.165, 1.54) is 0 Å². The number of Topliss-reactive ketones (excluding diaryl/α,β-unsaturated/α-hetero) is 1. The van der Waals surface area contributed by atoms with Gasteiger partial charge in [0.15, 0.2) is 11.6 Å². The first-order chi connectivity index (χ1) is 11.7. The van der Waals surface area contributed by atoms with Crippen molar-refractivity contribution in [3.05, 3.63) is 40.2 Å². The standard InChI is InChI=1S/C19H21ClN4O/c1-10-9-24(15-7-19(2,3)8-16(25)17(10)15)14-6-13-11(5-12(14)20)18(21)22-23(13)4/h5-6,9H,7-8H2,1-4H3,(H2,21,22). The first kappa shape index (κ1) is 16.2. The lowest BCUT2D eigenvalue weighted by molar-refractivity contribution is 0.0910. The predicted octanol–water partition coefficient (Wildman–Crippen LogP) is 4.06. The van der Waals surface area contributed by atoms with Gasteiger partial charge in [-0.3, -0.25) is 9.48 Å². The van der Waals surface area contributed by atoms with E-state index in [9.17, 15) is 4.79 Å². The molecule has 2 heterocycles. The predicted molar refractivity (Wildman–Crippen MR) is 101 cm³/mol. The van der Waals surface area contributed by atoms with Gasteiger partial charge in [-0.25, -0.2) is 0 Å². The molecule has 130 valence electrons. The number of aromatic nitrogens is 3. The number of fused-ring (bicyclic) bond motifs is 2. The molecular weight excluding hydrogens is 336 g/mol. The van der Waals surface area contributed by atoms with E-state index in [0.29, 0.717) is 17.3 Å². The van der Waals surface area contributed by atoms with Crippen LogP contribution in [0.4, 0.5) is 5.82 Å². The van der Waals surface area contributed by atoms with E-state index in [1.807, 2.05) is 32.3 Å². The molecule has 0 spiro atoms. The molecule has 0 atom stereocenters. The highest BCUT2D eigenvalue weighted by molar-refractivity contribution is 6.33. The maximum absolute atomic E-state index is 12.6. The number of nitrogens with two attached hydrogens (primary N) is 1. The third-order valence-corrected chi connectivity index (χ3v) is 5.37. The van der Waals surface area contributed by atoms with Crippen molar-refractivity contribution in [2.24, 2.45) is 12.5 Å². The Balaban J connectivity index is 1.99. The molecule has 25 heavy (non-hydrogen) atoms. The number of aryl methyl sites for hydroxylation is 2. The number of carbonyl (C=O) groups excluding carboxylic acids is 1. The van der Waals surface area contributed by atoms with Crippen LogP contribution in [-0.2, 0) is 13.5 Å². The highest BCUT2D eigenvalue weighted by Gasteiger charge is 2.35. The second-order valence-corrected chi connectivity index (χ2v) is 8.18. The fourth-order valence-electron chi connectivity index (χ4n) is 3.97. The monoisotopic (exact) mass is 356 g/mol. The van der Waals surface area contributed by atoms with Gasteiger partial charge in [-0.1, -0.05) is 25.4 Å². The molecule has 2 aromatic heterocycles. The Bertz CT molecular complexity index is 1040. The lowest BCUT2D eigenvalue weighted by atomic mass is 9.75. The van der Waals surface area contributed by atoms with Gasteiger partial charge in [0.2, 0.25) is 0 Å². The molecule has 0 saturated heterocycles. The van der Waals surface area contributed by atoms with Crippen molar-refractivity contribution >= 4 is 34.1 Å². The van der Waals surface area contributed by atoms with Crippen molar-refractivity contribution in [2.75, 3.05) is 5.73 Å². The lowest BCUT2D eigenvalue weighted by Gasteiger charge is -2.30. The summed E-state index contributed by atoms with van der Waals surface area (Å²) in [5, 5.41) is 5.70. The molecule has 0 saturated carbocycles. The van der Waals surface area contributed by atoms with Gasteiger partial charge in [-0.2, -0.15) is 5.10 Å². The van der Waals surface area contributed by atoms with Gasteiger partial charge in [0, 0.05) is 36.3 Å². The maximum atomic E-state index is 12.6. The highest BCUT2D eigenvalue weighted by Crippen LogP contribution is 2.39. The number of nitrogens with zero attached hydrogens (tertiary/aromatic N) is 3. The number of ketones is 1. The smallest absolute Gasteiger partial charge is 0.165 e. The summed E-state index contributed by atoms with van der Waals surface area (Å²) in [7, 11) is 1.86. The van der Waals surface area contributed by atoms with Crippen LogP contribution in [0, 0.1) is 12.3 Å². The van der Waals surface area contributed by atoms with Gasteiger partial charge in [0.05, 0.1) is 16.2 Å². The minimum atomic E-state index is -0.0554. The van der Waals surface area contributed by atoms with Crippen molar-refractivity contribution in [3.63, 3.8) is 0 Å². The minimum absolute atomic E-state index is 0.0554. The maximum Gasteiger partial charge on any atom is 0.165 e. The lowest BCUT2D eigenvalue weighted by Crippen LogP contribution is -2.28. The van der Waals surface area contributed by atoms with Crippen LogP contribution in [-0.4, -0.2) is 20.1 Å². The summed E-state index contributed by atoms with van der Waals surface area (Å²) in [6.45, 7) is 6.25. The number of hydrogen-bond acceptors (Lipinski definition) is 3. The third kappa shape index (κ3) is 2.37. The summed E-state index contributed by atoms with van der Waals surface area (Å²) in [6, 6.07) is 3.85. The average Bonchev–Trinajstić information content (AvgIpc) is 2.95. The Labute approximate surface area is 151 Å². The molecular formula is C19H21ClN4O. The number of benzene rings is 1. The zero-order valence-corrected chi connectivity index (χ0v) is 15.6. The first-order valence-corrected chi connectivity index (χ1v) is 8.72. The van der Waals surface area contributed by atoms with Crippen molar-refractivity contribution in [1.82, 2.24) is 14.3 Å². The van der Waals surface area contributed by atoms with Gasteiger partial charge in [-0.05, 0) is 36.5 Å². The van der Waals surface area contributed by atoms with Crippen LogP contribution in [0.25, 0.3) is 16.6 Å². The van der Waals surface area contributed by atoms with Crippen LogP contribution in [0.2, 0.25) is 5.02 Å². The molecule has 1 aromatic carbocycles. The van der Waals surface area contributed by atoms with E-state index >= 15 is 0 Å². The van der Waals surface area contributed by atoms with Crippen molar-refractivity contribution in [2.45, 2.75) is 33.6 Å². The molecule has 5 nitrogen and oxygen atoms in total. The van der Waals surface area contributed by atoms with Crippen LogP contribution >= 0.6 is 11.6 Å². The number of carbonyl (C=O) groups is 1. The van der Waals surface area contributed by atoms with E-state index in [4.69, 9.17) is 17.3 Å². The van der Waals surface area contributed by atoms with E-state index in [1.54, 1.807) is 4.68 Å². The number of anilines is 1. The molecule has 0 aliphatic heterocycles. The van der Waals surface area contributed by atoms with E-state index in [0.717, 1.165) is 39.8 Å². The van der Waals surface area contributed by atoms with Crippen molar-refractivity contribution in [3.8, 4) is 5.69 Å². The number of halogens is 1. The fraction of sp³-hybridized carbons (Fsp3) is 0.368. The summed E-state index contributed by atoms with van der Waals surface area (Å²) >= 11 is 6.58. The van der Waals surface area contributed by atoms with Gasteiger partial charge in [-0.15, -0.1) is 0 Å². The summed E-state index contributed by atoms with van der Waals surface area (Å²) in [6.07, 6.45) is 3.43. The topological polar surface area (TPSA) is 65.8 Å². The summed E-state index contributed by atoms with van der Waals surface area (Å²) < 4.78 is 3.82. The van der Waals surface area contributed by atoms with Crippen molar-refractivity contribution in [1.29, 1.82) is 0 Å². The first-order valence-electron chi connectivity index (χ1n) is 8.34. The van der Waals surface area contributed by atoms with Crippen LogP contribution < -0.4 is 5.73 Å². The van der Waals surface area contributed by atoms with Crippen LogP contribution in [0.5, 0.6) is 0 Å². The molecule has 3 aromatic rings. The number of rotatable bonds is 1. The average molecular weight is 357 g/mol. The van der Waals surface area contributed by atoms with Gasteiger partial charge < -0.3 is 10.3 Å². The second kappa shape index (κ2) is 5.11. The van der Waals surface area contributed by atoms with Crippen LogP contribution in [0.15, 0.2) is 18.3 Å². The zero-order valence-electron chi connectivity index (χ0n) is 14.9. The fourth-order valence-corrected chi connectivity index (χ4v) is 4.22. The molecule has 0 radical (unpaired) electrons. The summed E-state index contributed by atoms with van der Waals surface area (Å²) in [5.41, 5.74) is 10.6. The highest BCUT2D eigenvalue weighted by atomic mass is 35.5. The van der Waals surface area contributed by atoms with E-state index in [-0.39, 0.29) is 11.2 Å². The Morgan fingerprint density at radius 3 is 2.72 bits per heavy atom. The zero-order chi connectivity index (χ0) is 18.1.